The van der Waals surface area contributed by atoms with Gasteiger partial charge in [-0.25, -0.2) is 13.1 Å². The molecule has 0 unspecified atom stereocenters. The molecule has 1 heterocycles. The number of piperazine rings is 1. The number of carbonyl (C=O) groups excluding carboxylic acids is 1. The first-order valence-corrected chi connectivity index (χ1v) is 12.1. The lowest BCUT2D eigenvalue weighted by molar-refractivity contribution is -0.274. The van der Waals surface area contributed by atoms with Crippen molar-refractivity contribution in [3.05, 3.63) is 59.7 Å². The highest BCUT2D eigenvalue weighted by Gasteiger charge is 2.31. The average Bonchev–Trinajstić information content (AvgIpc) is 3.58. The van der Waals surface area contributed by atoms with Crippen LogP contribution < -0.4 is 9.46 Å². The molecule has 1 aliphatic heterocycles. The molecule has 2 aromatic rings. The number of hydrogen-bond donors (Lipinski definition) is 1. The van der Waals surface area contributed by atoms with E-state index in [9.17, 15) is 26.4 Å². The Labute approximate surface area is 190 Å². The Balaban J connectivity index is 1.31. The summed E-state index contributed by atoms with van der Waals surface area (Å²) < 4.78 is 68.2. The first kappa shape index (κ1) is 23.5. The minimum absolute atomic E-state index is 0.0178. The highest BCUT2D eigenvalue weighted by molar-refractivity contribution is 7.89. The van der Waals surface area contributed by atoms with Crippen molar-refractivity contribution in [1.82, 2.24) is 14.5 Å². The van der Waals surface area contributed by atoms with E-state index in [2.05, 4.69) is 14.4 Å². The fraction of sp³-hybridized carbons (Fsp3) is 0.409. The van der Waals surface area contributed by atoms with E-state index in [4.69, 9.17) is 0 Å². The second kappa shape index (κ2) is 9.32. The van der Waals surface area contributed by atoms with E-state index in [1.807, 2.05) is 0 Å². The Morgan fingerprint density at radius 1 is 1.03 bits per heavy atom. The number of halogens is 3. The molecule has 0 radical (unpaired) electrons. The van der Waals surface area contributed by atoms with Gasteiger partial charge in [-0.2, -0.15) is 0 Å². The largest absolute Gasteiger partial charge is 0.573 e. The van der Waals surface area contributed by atoms with E-state index >= 15 is 0 Å². The summed E-state index contributed by atoms with van der Waals surface area (Å²) in [4.78, 5) is 16.8. The van der Waals surface area contributed by atoms with Gasteiger partial charge in [-0.3, -0.25) is 9.69 Å². The number of ether oxygens (including phenoxy) is 1. The van der Waals surface area contributed by atoms with Crippen LogP contribution in [-0.4, -0.2) is 62.7 Å². The lowest BCUT2D eigenvalue weighted by Gasteiger charge is -2.34. The zero-order chi connectivity index (χ0) is 23.6. The summed E-state index contributed by atoms with van der Waals surface area (Å²) in [6.07, 6.45) is -3.07. The van der Waals surface area contributed by atoms with Crippen molar-refractivity contribution in [3.63, 3.8) is 0 Å². The van der Waals surface area contributed by atoms with Gasteiger partial charge in [-0.15, -0.1) is 13.2 Å². The minimum Gasteiger partial charge on any atom is -0.406 e. The van der Waals surface area contributed by atoms with Crippen LogP contribution in [0.2, 0.25) is 0 Å². The average molecular weight is 484 g/mol. The van der Waals surface area contributed by atoms with E-state index in [-0.39, 0.29) is 22.6 Å². The van der Waals surface area contributed by atoms with Crippen LogP contribution in [0.25, 0.3) is 0 Å². The fourth-order valence-electron chi connectivity index (χ4n) is 3.63. The van der Waals surface area contributed by atoms with E-state index in [1.54, 1.807) is 29.2 Å². The van der Waals surface area contributed by atoms with Gasteiger partial charge in [0.15, 0.2) is 0 Å². The van der Waals surface area contributed by atoms with Crippen molar-refractivity contribution in [1.29, 1.82) is 0 Å². The first-order valence-electron chi connectivity index (χ1n) is 10.6. The molecular weight excluding hydrogens is 459 g/mol. The molecule has 0 bridgehead atoms. The van der Waals surface area contributed by atoms with Crippen LogP contribution >= 0.6 is 0 Å². The second-order valence-electron chi connectivity index (χ2n) is 8.18. The van der Waals surface area contributed by atoms with E-state index in [0.29, 0.717) is 38.3 Å². The number of amides is 1. The number of nitrogens with one attached hydrogen (secondary N) is 1. The molecule has 1 amide bonds. The molecule has 0 atom stereocenters. The molecule has 1 N–H and O–H groups in total. The SMILES string of the molecule is O=C(c1cccc(S(=O)(=O)NC2CC2)c1)N1CCN(Cc2ccc(OC(F)(F)F)cc2)CC1. The smallest absolute Gasteiger partial charge is 0.406 e. The van der Waals surface area contributed by atoms with Crippen molar-refractivity contribution < 1.29 is 31.1 Å². The molecule has 1 aliphatic carbocycles. The van der Waals surface area contributed by atoms with Gasteiger partial charge in [0.05, 0.1) is 4.90 Å². The van der Waals surface area contributed by atoms with E-state index < -0.39 is 16.4 Å². The molecule has 4 rings (SSSR count). The van der Waals surface area contributed by atoms with Gasteiger partial charge in [-0.1, -0.05) is 18.2 Å². The fourth-order valence-corrected chi connectivity index (χ4v) is 4.98. The van der Waals surface area contributed by atoms with Crippen molar-refractivity contribution in [3.8, 4) is 5.75 Å². The topological polar surface area (TPSA) is 79.0 Å². The zero-order valence-electron chi connectivity index (χ0n) is 17.7. The highest BCUT2D eigenvalue weighted by atomic mass is 32.2. The number of rotatable bonds is 7. The number of benzene rings is 2. The van der Waals surface area contributed by atoms with Gasteiger partial charge >= 0.3 is 6.36 Å². The first-order chi connectivity index (χ1) is 15.6. The molecule has 0 spiro atoms. The minimum atomic E-state index is -4.72. The second-order valence-corrected chi connectivity index (χ2v) is 9.90. The third kappa shape index (κ3) is 6.46. The molecular formula is C22H24F3N3O4S. The lowest BCUT2D eigenvalue weighted by atomic mass is 10.1. The van der Waals surface area contributed by atoms with Crippen LogP contribution in [0.1, 0.15) is 28.8 Å². The third-order valence-electron chi connectivity index (χ3n) is 5.51. The summed E-state index contributed by atoms with van der Waals surface area (Å²) in [6, 6.07) is 11.8. The number of alkyl halides is 3. The molecule has 2 aliphatic rings. The van der Waals surface area contributed by atoms with Gasteiger partial charge in [0.25, 0.3) is 5.91 Å². The summed E-state index contributed by atoms with van der Waals surface area (Å²) in [5.74, 6) is -0.495. The van der Waals surface area contributed by atoms with Crippen molar-refractivity contribution in [2.24, 2.45) is 0 Å². The highest BCUT2D eigenvalue weighted by Crippen LogP contribution is 2.24. The van der Waals surface area contributed by atoms with Crippen LogP contribution in [0.4, 0.5) is 13.2 Å². The van der Waals surface area contributed by atoms with E-state index in [1.165, 1.54) is 24.3 Å². The summed E-state index contributed by atoms with van der Waals surface area (Å²) in [5.41, 5.74) is 1.16. The molecule has 1 saturated heterocycles. The van der Waals surface area contributed by atoms with Crippen LogP contribution in [0.5, 0.6) is 5.75 Å². The third-order valence-corrected chi connectivity index (χ3v) is 7.03. The summed E-state index contributed by atoms with van der Waals surface area (Å²) in [5, 5.41) is 0. The monoisotopic (exact) mass is 483 g/mol. The van der Waals surface area contributed by atoms with Gasteiger partial charge in [0, 0.05) is 44.3 Å². The molecule has 178 valence electrons. The Hall–Kier alpha value is -2.63. The number of carbonyl (C=O) groups is 1. The van der Waals surface area contributed by atoms with Crippen LogP contribution in [0, 0.1) is 0 Å². The summed E-state index contributed by atoms with van der Waals surface area (Å²) >= 11 is 0. The summed E-state index contributed by atoms with van der Waals surface area (Å²) in [7, 11) is -3.64. The standard InChI is InChI=1S/C22H24F3N3O4S/c23-22(24,25)32-19-8-4-16(5-9-19)15-27-10-12-28(13-11-27)21(29)17-2-1-3-20(14-17)33(30,31)26-18-6-7-18/h1-5,8-9,14,18,26H,6-7,10-13,15H2. The molecule has 2 aromatic carbocycles. The zero-order valence-corrected chi connectivity index (χ0v) is 18.5. The molecule has 33 heavy (non-hydrogen) atoms. The molecule has 2 fully saturated rings. The Bertz CT molecular complexity index is 1090. The number of nitrogens with zero attached hydrogens (tertiary/aromatic N) is 2. The number of hydrogen-bond acceptors (Lipinski definition) is 5. The maximum atomic E-state index is 12.9. The van der Waals surface area contributed by atoms with Crippen molar-refractivity contribution in [2.75, 3.05) is 26.2 Å². The molecule has 7 nitrogen and oxygen atoms in total. The Morgan fingerprint density at radius 3 is 2.30 bits per heavy atom. The maximum absolute atomic E-state index is 12.9. The van der Waals surface area contributed by atoms with Gasteiger partial charge in [0.2, 0.25) is 10.0 Å². The van der Waals surface area contributed by atoms with Crippen LogP contribution in [0.3, 0.4) is 0 Å². The Kier molecular flexibility index (Phi) is 6.64. The van der Waals surface area contributed by atoms with Crippen molar-refractivity contribution in [2.45, 2.75) is 36.7 Å². The molecule has 1 saturated carbocycles. The predicted molar refractivity (Wildman–Crippen MR) is 114 cm³/mol. The Morgan fingerprint density at radius 2 is 1.70 bits per heavy atom. The molecule has 11 heteroatoms. The van der Waals surface area contributed by atoms with Gasteiger partial charge in [0.1, 0.15) is 5.75 Å². The maximum Gasteiger partial charge on any atom is 0.573 e. The van der Waals surface area contributed by atoms with Gasteiger partial charge in [-0.05, 0) is 48.7 Å². The lowest BCUT2D eigenvalue weighted by Crippen LogP contribution is -2.48. The van der Waals surface area contributed by atoms with Gasteiger partial charge < -0.3 is 9.64 Å². The quantitative estimate of drug-likeness (QED) is 0.655. The summed E-state index contributed by atoms with van der Waals surface area (Å²) in [6.45, 7) is 2.65. The van der Waals surface area contributed by atoms with Crippen LogP contribution in [0.15, 0.2) is 53.4 Å². The van der Waals surface area contributed by atoms with Crippen LogP contribution in [-0.2, 0) is 16.6 Å². The number of sulfonamides is 1. The van der Waals surface area contributed by atoms with E-state index in [0.717, 1.165) is 18.4 Å². The van der Waals surface area contributed by atoms with Crippen molar-refractivity contribution >= 4 is 15.9 Å². The normalized spacial score (nSPS) is 17.7. The molecule has 0 aromatic heterocycles. The predicted octanol–water partition coefficient (Wildman–Crippen LogP) is 2.98.